The third-order valence-corrected chi connectivity index (χ3v) is 6.25. The van der Waals surface area contributed by atoms with Crippen LogP contribution in [-0.4, -0.2) is 18.8 Å². The Morgan fingerprint density at radius 3 is 2.78 bits per heavy atom. The number of carbonyl (C=O) groups excluding carboxylic acids is 1. The zero-order valence-electron chi connectivity index (χ0n) is 15.8. The lowest BCUT2D eigenvalue weighted by atomic mass is 9.76. The highest BCUT2D eigenvalue weighted by molar-refractivity contribution is 7.98. The lowest BCUT2D eigenvalue weighted by molar-refractivity contribution is 0.0505. The molecule has 0 spiro atoms. The maximum atomic E-state index is 12.3. The number of thioether (sulfide) groups is 1. The second kappa shape index (κ2) is 7.81. The molecule has 2 aromatic carbocycles. The minimum Gasteiger partial charge on any atom is -0.462 e. The van der Waals surface area contributed by atoms with Crippen LogP contribution >= 0.6 is 11.8 Å². The van der Waals surface area contributed by atoms with Crippen molar-refractivity contribution in [3.8, 4) is 0 Å². The van der Waals surface area contributed by atoms with Crippen LogP contribution in [0.2, 0.25) is 0 Å². The Morgan fingerprint density at radius 2 is 2.04 bits per heavy atom. The zero-order chi connectivity index (χ0) is 18.8. The van der Waals surface area contributed by atoms with E-state index in [0.717, 1.165) is 18.5 Å². The van der Waals surface area contributed by atoms with Gasteiger partial charge in [-0.25, -0.2) is 4.79 Å². The molecule has 0 bridgehead atoms. The molecule has 0 aromatic heterocycles. The summed E-state index contributed by atoms with van der Waals surface area (Å²) in [5.41, 5.74) is 4.29. The maximum absolute atomic E-state index is 12.3. The highest BCUT2D eigenvalue weighted by atomic mass is 32.2. The van der Waals surface area contributed by atoms with Crippen LogP contribution in [0.1, 0.15) is 53.2 Å². The van der Waals surface area contributed by atoms with Crippen LogP contribution in [-0.2, 0) is 4.74 Å². The van der Waals surface area contributed by atoms with Crippen molar-refractivity contribution in [2.75, 3.05) is 18.2 Å². The van der Waals surface area contributed by atoms with E-state index in [1.165, 1.54) is 16.0 Å². The van der Waals surface area contributed by atoms with Gasteiger partial charge in [-0.05, 0) is 66.5 Å². The monoisotopic (exact) mass is 379 g/mol. The molecule has 27 heavy (non-hydrogen) atoms. The van der Waals surface area contributed by atoms with Crippen molar-refractivity contribution in [1.29, 1.82) is 0 Å². The molecule has 4 rings (SSSR count). The Kier molecular flexibility index (Phi) is 5.26. The average Bonchev–Trinajstić information content (AvgIpc) is 3.21. The molecule has 0 radical (unpaired) electrons. The largest absolute Gasteiger partial charge is 0.462 e. The van der Waals surface area contributed by atoms with Gasteiger partial charge in [0.15, 0.2) is 0 Å². The van der Waals surface area contributed by atoms with E-state index in [0.29, 0.717) is 24.0 Å². The SMILES string of the molecule is CCCOC(=O)c1ccc2c(c1)C1C=CCC1C(c1ccc(SC)cc1)N2. The van der Waals surface area contributed by atoms with Gasteiger partial charge in [-0.3, -0.25) is 0 Å². The molecule has 1 aliphatic heterocycles. The normalized spacial score (nSPS) is 22.7. The summed E-state index contributed by atoms with van der Waals surface area (Å²) in [6.07, 6.45) is 8.57. The molecule has 3 unspecified atom stereocenters. The molecule has 0 saturated heterocycles. The molecule has 1 aliphatic carbocycles. The summed E-state index contributed by atoms with van der Waals surface area (Å²) in [4.78, 5) is 13.5. The van der Waals surface area contributed by atoms with Crippen molar-refractivity contribution in [3.05, 3.63) is 71.3 Å². The summed E-state index contributed by atoms with van der Waals surface area (Å²) < 4.78 is 5.31. The lowest BCUT2D eigenvalue weighted by Gasteiger charge is -2.37. The summed E-state index contributed by atoms with van der Waals surface area (Å²) in [5, 5.41) is 3.73. The Hall–Kier alpha value is -2.20. The van der Waals surface area contributed by atoms with E-state index in [9.17, 15) is 4.79 Å². The van der Waals surface area contributed by atoms with Gasteiger partial charge in [0, 0.05) is 16.5 Å². The van der Waals surface area contributed by atoms with Crippen molar-refractivity contribution in [3.63, 3.8) is 0 Å². The molecule has 1 heterocycles. The van der Waals surface area contributed by atoms with Gasteiger partial charge < -0.3 is 10.1 Å². The van der Waals surface area contributed by atoms with Crippen LogP contribution in [0.15, 0.2) is 59.5 Å². The average molecular weight is 380 g/mol. The first-order chi connectivity index (χ1) is 13.2. The van der Waals surface area contributed by atoms with Gasteiger partial charge in [0.2, 0.25) is 0 Å². The molecular formula is C23H25NO2S. The summed E-state index contributed by atoms with van der Waals surface area (Å²) in [6.45, 7) is 2.47. The first kappa shape index (κ1) is 18.2. The van der Waals surface area contributed by atoms with Crippen molar-refractivity contribution >= 4 is 23.4 Å². The quantitative estimate of drug-likeness (QED) is 0.405. The number of rotatable bonds is 5. The molecule has 0 amide bonds. The van der Waals surface area contributed by atoms with Gasteiger partial charge in [-0.1, -0.05) is 31.2 Å². The Balaban J connectivity index is 1.64. The smallest absolute Gasteiger partial charge is 0.338 e. The number of benzene rings is 2. The van der Waals surface area contributed by atoms with E-state index in [1.54, 1.807) is 11.8 Å². The second-order valence-corrected chi connectivity index (χ2v) is 8.07. The number of ether oxygens (including phenoxy) is 1. The second-order valence-electron chi connectivity index (χ2n) is 7.19. The first-order valence-corrected chi connectivity index (χ1v) is 10.8. The summed E-state index contributed by atoms with van der Waals surface area (Å²) in [7, 11) is 0. The molecular weight excluding hydrogens is 354 g/mol. The number of fused-ring (bicyclic) bond motifs is 3. The van der Waals surface area contributed by atoms with E-state index < -0.39 is 0 Å². The van der Waals surface area contributed by atoms with Gasteiger partial charge in [-0.2, -0.15) is 0 Å². The number of anilines is 1. The third-order valence-electron chi connectivity index (χ3n) is 5.51. The predicted octanol–water partition coefficient (Wildman–Crippen LogP) is 5.80. The summed E-state index contributed by atoms with van der Waals surface area (Å²) >= 11 is 1.77. The minimum atomic E-state index is -0.229. The number of hydrogen-bond donors (Lipinski definition) is 1. The van der Waals surface area contributed by atoms with Crippen molar-refractivity contribution in [1.82, 2.24) is 0 Å². The Labute approximate surface area is 165 Å². The topological polar surface area (TPSA) is 38.3 Å². The van der Waals surface area contributed by atoms with Gasteiger partial charge in [0.1, 0.15) is 0 Å². The number of hydrogen-bond acceptors (Lipinski definition) is 4. The molecule has 3 nitrogen and oxygen atoms in total. The van der Waals surface area contributed by atoms with Crippen LogP contribution in [0.3, 0.4) is 0 Å². The van der Waals surface area contributed by atoms with Crippen LogP contribution < -0.4 is 5.32 Å². The fourth-order valence-corrected chi connectivity index (χ4v) is 4.55. The molecule has 140 valence electrons. The lowest BCUT2D eigenvalue weighted by Crippen LogP contribution is -2.29. The van der Waals surface area contributed by atoms with E-state index in [-0.39, 0.29) is 12.0 Å². The van der Waals surface area contributed by atoms with E-state index >= 15 is 0 Å². The van der Waals surface area contributed by atoms with Crippen molar-refractivity contribution < 1.29 is 9.53 Å². The van der Waals surface area contributed by atoms with Crippen LogP contribution in [0, 0.1) is 5.92 Å². The number of nitrogens with one attached hydrogen (secondary N) is 1. The van der Waals surface area contributed by atoms with Gasteiger partial charge >= 0.3 is 5.97 Å². The fourth-order valence-electron chi connectivity index (χ4n) is 4.14. The number of allylic oxidation sites excluding steroid dienone is 2. The molecule has 0 fully saturated rings. The zero-order valence-corrected chi connectivity index (χ0v) is 16.6. The molecule has 1 N–H and O–H groups in total. The van der Waals surface area contributed by atoms with Crippen LogP contribution in [0.25, 0.3) is 0 Å². The van der Waals surface area contributed by atoms with E-state index in [1.807, 2.05) is 25.1 Å². The summed E-state index contributed by atoms with van der Waals surface area (Å²) in [6, 6.07) is 15.1. The number of esters is 1. The minimum absolute atomic E-state index is 0.229. The Bertz CT molecular complexity index is 859. The molecule has 4 heteroatoms. The van der Waals surface area contributed by atoms with Gasteiger partial charge in [0.25, 0.3) is 0 Å². The third kappa shape index (κ3) is 3.51. The maximum Gasteiger partial charge on any atom is 0.338 e. The van der Waals surface area contributed by atoms with Crippen molar-refractivity contribution in [2.24, 2.45) is 5.92 Å². The van der Waals surface area contributed by atoms with Crippen molar-refractivity contribution in [2.45, 2.75) is 36.6 Å². The highest BCUT2D eigenvalue weighted by Crippen LogP contribution is 2.50. The van der Waals surface area contributed by atoms with Crippen LogP contribution in [0.5, 0.6) is 0 Å². The highest BCUT2D eigenvalue weighted by Gasteiger charge is 2.38. The standard InChI is InChI=1S/C23H25NO2S/c1-3-13-26-23(25)16-9-12-21-20(14-16)18-5-4-6-19(18)22(24-21)15-7-10-17(27-2)11-8-15/h4-5,7-12,14,18-19,22,24H,3,6,13H2,1-2H3. The van der Waals surface area contributed by atoms with Gasteiger partial charge in [0.05, 0.1) is 18.2 Å². The van der Waals surface area contributed by atoms with E-state index in [4.69, 9.17) is 4.74 Å². The van der Waals surface area contributed by atoms with E-state index in [2.05, 4.69) is 48.0 Å². The first-order valence-electron chi connectivity index (χ1n) is 9.59. The molecule has 3 atom stereocenters. The molecule has 0 saturated carbocycles. The molecule has 2 aromatic rings. The fraction of sp³-hybridized carbons (Fsp3) is 0.348. The summed E-state index contributed by atoms with van der Waals surface area (Å²) in [5.74, 6) is 0.581. The predicted molar refractivity (Wildman–Crippen MR) is 112 cm³/mol. The van der Waals surface area contributed by atoms with Crippen LogP contribution in [0.4, 0.5) is 5.69 Å². The molecule has 2 aliphatic rings. The Morgan fingerprint density at radius 1 is 1.22 bits per heavy atom. The van der Waals surface area contributed by atoms with Gasteiger partial charge in [-0.15, -0.1) is 11.8 Å². The number of carbonyl (C=O) groups is 1.